The first-order valence-corrected chi connectivity index (χ1v) is 10.5. The molecule has 6 heteroatoms. The average Bonchev–Trinajstić information content (AvgIpc) is 2.78. The van der Waals surface area contributed by atoms with Crippen LogP contribution in [-0.4, -0.2) is 40.0 Å². The molecule has 0 unspecified atom stereocenters. The summed E-state index contributed by atoms with van der Waals surface area (Å²) < 4.78 is 11.7. The van der Waals surface area contributed by atoms with Gasteiger partial charge in [0.25, 0.3) is 0 Å². The number of ether oxygens (including phenoxy) is 2. The normalized spacial score (nSPS) is 33.4. The number of rotatable bonds is 4. The van der Waals surface area contributed by atoms with Crippen LogP contribution in [0.4, 0.5) is 0 Å². The molecule has 2 aliphatic rings. The third-order valence-electron chi connectivity index (χ3n) is 6.95. The fraction of sp³-hybridized carbons (Fsp3) is 0.583. The van der Waals surface area contributed by atoms with Gasteiger partial charge in [-0.15, -0.1) is 0 Å². The number of benzene rings is 1. The van der Waals surface area contributed by atoms with E-state index >= 15 is 0 Å². The summed E-state index contributed by atoms with van der Waals surface area (Å²) in [7, 11) is 0. The van der Waals surface area contributed by atoms with Gasteiger partial charge in [-0.3, -0.25) is 4.79 Å². The Morgan fingerprint density at radius 2 is 1.80 bits per heavy atom. The van der Waals surface area contributed by atoms with Crippen molar-refractivity contribution >= 4 is 11.9 Å². The summed E-state index contributed by atoms with van der Waals surface area (Å²) in [5, 5.41) is 21.3. The number of phenolic OH excluding ortho intramolecular Hbond substituents is 1. The Morgan fingerprint density at radius 3 is 2.37 bits per heavy atom. The second kappa shape index (κ2) is 8.06. The highest BCUT2D eigenvalue weighted by Gasteiger charge is 2.65. The highest BCUT2D eigenvalue weighted by molar-refractivity contribution is 5.89. The first-order chi connectivity index (χ1) is 14.0. The van der Waals surface area contributed by atoms with Crippen molar-refractivity contribution in [2.24, 2.45) is 17.3 Å². The maximum absolute atomic E-state index is 12.9. The van der Waals surface area contributed by atoms with Crippen LogP contribution in [-0.2, 0) is 14.3 Å². The van der Waals surface area contributed by atoms with Crippen LogP contribution in [0.2, 0.25) is 0 Å². The molecular formula is C24H32O6. The van der Waals surface area contributed by atoms with E-state index in [0.717, 1.165) is 5.57 Å². The lowest BCUT2D eigenvalue weighted by molar-refractivity contribution is -0.153. The molecule has 1 aromatic carbocycles. The van der Waals surface area contributed by atoms with Crippen molar-refractivity contribution < 1.29 is 29.3 Å². The molecule has 2 aliphatic carbocycles. The van der Waals surface area contributed by atoms with Gasteiger partial charge in [0.05, 0.1) is 11.2 Å². The lowest BCUT2D eigenvalue weighted by Crippen LogP contribution is -2.50. The maximum atomic E-state index is 12.9. The zero-order chi connectivity index (χ0) is 22.3. The highest BCUT2D eigenvalue weighted by atomic mass is 16.6. The van der Waals surface area contributed by atoms with Crippen molar-refractivity contribution in [3.05, 3.63) is 41.5 Å². The summed E-state index contributed by atoms with van der Waals surface area (Å²) in [5.74, 6) is -1.32. The Bertz CT molecular complexity index is 842. The van der Waals surface area contributed by atoms with Gasteiger partial charge in [0.2, 0.25) is 0 Å². The van der Waals surface area contributed by atoms with E-state index in [2.05, 4.69) is 6.08 Å². The van der Waals surface area contributed by atoms with Crippen molar-refractivity contribution in [2.45, 2.75) is 71.7 Å². The van der Waals surface area contributed by atoms with Gasteiger partial charge in [-0.1, -0.05) is 32.4 Å². The first kappa shape index (κ1) is 22.3. The molecule has 0 radical (unpaired) electrons. The molecule has 0 heterocycles. The second-order valence-electron chi connectivity index (χ2n) is 9.38. The standard InChI is InChI=1S/C24H32O6/c1-14(2)24(28)13-20(29-16(4)25)23(5)11-10-15(3)12-19(21(23)24)30-22(27)17-6-8-18(26)9-7-17/h6-10,14,19-21,26,28H,11-13H2,1-5H3/t19-,20-,21+,23+,24+/m0/s1. The van der Waals surface area contributed by atoms with Crippen LogP contribution < -0.4 is 0 Å². The summed E-state index contributed by atoms with van der Waals surface area (Å²) in [6.07, 6.45) is 2.51. The number of aromatic hydroxyl groups is 1. The van der Waals surface area contributed by atoms with Crippen molar-refractivity contribution in [1.29, 1.82) is 0 Å². The van der Waals surface area contributed by atoms with E-state index in [4.69, 9.17) is 9.47 Å². The van der Waals surface area contributed by atoms with Crippen molar-refractivity contribution in [2.75, 3.05) is 0 Å². The summed E-state index contributed by atoms with van der Waals surface area (Å²) in [6.45, 7) is 9.27. The number of hydrogen-bond donors (Lipinski definition) is 2. The van der Waals surface area contributed by atoms with Gasteiger partial charge in [-0.2, -0.15) is 0 Å². The van der Waals surface area contributed by atoms with E-state index in [9.17, 15) is 19.8 Å². The highest BCUT2D eigenvalue weighted by Crippen LogP contribution is 2.59. The van der Waals surface area contributed by atoms with E-state index in [0.29, 0.717) is 24.8 Å². The molecule has 6 nitrogen and oxygen atoms in total. The molecule has 0 aliphatic heterocycles. The topological polar surface area (TPSA) is 93.1 Å². The molecule has 1 saturated carbocycles. The molecule has 0 saturated heterocycles. The molecule has 0 aromatic heterocycles. The van der Waals surface area contributed by atoms with E-state index in [1.165, 1.54) is 31.2 Å². The fourth-order valence-corrected chi connectivity index (χ4v) is 5.23. The fourth-order valence-electron chi connectivity index (χ4n) is 5.23. The molecule has 0 amide bonds. The Balaban J connectivity index is 2.00. The number of fused-ring (bicyclic) bond motifs is 1. The number of phenols is 1. The van der Waals surface area contributed by atoms with Gasteiger partial charge >= 0.3 is 11.9 Å². The number of esters is 2. The van der Waals surface area contributed by atoms with Crippen molar-refractivity contribution in [1.82, 2.24) is 0 Å². The number of aliphatic hydroxyl groups is 1. The number of carbonyl (C=O) groups excluding carboxylic acids is 2. The monoisotopic (exact) mass is 416 g/mol. The van der Waals surface area contributed by atoms with Gasteiger partial charge in [-0.05, 0) is 43.5 Å². The quantitative estimate of drug-likeness (QED) is 0.569. The molecule has 3 rings (SSSR count). The minimum Gasteiger partial charge on any atom is -0.508 e. The molecule has 0 spiro atoms. The lowest BCUT2D eigenvalue weighted by atomic mass is 9.67. The van der Waals surface area contributed by atoms with Crippen LogP contribution in [0.5, 0.6) is 5.75 Å². The number of hydrogen-bond acceptors (Lipinski definition) is 6. The van der Waals surface area contributed by atoms with Crippen molar-refractivity contribution in [3.8, 4) is 5.75 Å². The minimum atomic E-state index is -1.15. The Kier molecular flexibility index (Phi) is 6.01. The van der Waals surface area contributed by atoms with Gasteiger partial charge in [0, 0.05) is 31.1 Å². The third kappa shape index (κ3) is 3.97. The molecule has 30 heavy (non-hydrogen) atoms. The zero-order valence-electron chi connectivity index (χ0n) is 18.3. The lowest BCUT2D eigenvalue weighted by Gasteiger charge is -2.43. The van der Waals surface area contributed by atoms with E-state index in [1.54, 1.807) is 0 Å². The Labute approximate surface area is 177 Å². The largest absolute Gasteiger partial charge is 0.508 e. The van der Waals surface area contributed by atoms with Gasteiger partial charge in [-0.25, -0.2) is 4.79 Å². The Morgan fingerprint density at radius 1 is 1.17 bits per heavy atom. The smallest absolute Gasteiger partial charge is 0.338 e. The molecule has 5 atom stereocenters. The summed E-state index contributed by atoms with van der Waals surface area (Å²) in [4.78, 5) is 24.7. The SMILES string of the molecule is CC(=O)O[C@H]1C[C@@](O)(C(C)C)[C@@H]2[C@@H](OC(=O)c3ccc(O)cc3)CC(C)=CC[C@]12C. The summed E-state index contributed by atoms with van der Waals surface area (Å²) in [5.41, 5.74) is -0.305. The predicted molar refractivity (Wildman–Crippen MR) is 112 cm³/mol. The van der Waals surface area contributed by atoms with Crippen molar-refractivity contribution in [3.63, 3.8) is 0 Å². The second-order valence-corrected chi connectivity index (χ2v) is 9.38. The predicted octanol–water partition coefficient (Wildman–Crippen LogP) is 4.00. The number of allylic oxidation sites excluding steroid dienone is 1. The maximum Gasteiger partial charge on any atom is 0.338 e. The van der Waals surface area contributed by atoms with Crippen LogP contribution in [0.15, 0.2) is 35.9 Å². The van der Waals surface area contributed by atoms with E-state index < -0.39 is 35.1 Å². The van der Waals surface area contributed by atoms with Gasteiger partial charge < -0.3 is 19.7 Å². The van der Waals surface area contributed by atoms with Gasteiger partial charge in [0.15, 0.2) is 0 Å². The summed E-state index contributed by atoms with van der Waals surface area (Å²) >= 11 is 0. The van der Waals surface area contributed by atoms with Gasteiger partial charge in [0.1, 0.15) is 18.0 Å². The Hall–Kier alpha value is -2.34. The van der Waals surface area contributed by atoms with Crippen LogP contribution in [0.1, 0.15) is 64.2 Å². The van der Waals surface area contributed by atoms with Crippen LogP contribution in [0.3, 0.4) is 0 Å². The number of carbonyl (C=O) groups is 2. The molecule has 164 valence electrons. The third-order valence-corrected chi connectivity index (χ3v) is 6.95. The van der Waals surface area contributed by atoms with Crippen LogP contribution in [0, 0.1) is 17.3 Å². The molecular weight excluding hydrogens is 384 g/mol. The zero-order valence-corrected chi connectivity index (χ0v) is 18.3. The first-order valence-electron chi connectivity index (χ1n) is 10.5. The molecule has 2 N–H and O–H groups in total. The molecule has 1 aromatic rings. The summed E-state index contributed by atoms with van der Waals surface area (Å²) in [6, 6.07) is 5.91. The van der Waals surface area contributed by atoms with E-state index in [1.807, 2.05) is 27.7 Å². The van der Waals surface area contributed by atoms with E-state index in [-0.39, 0.29) is 17.6 Å². The molecule has 1 fully saturated rings. The molecule has 0 bridgehead atoms. The average molecular weight is 417 g/mol. The minimum absolute atomic E-state index is 0.0709. The van der Waals surface area contributed by atoms with Crippen LogP contribution >= 0.6 is 0 Å². The van der Waals surface area contributed by atoms with Crippen LogP contribution in [0.25, 0.3) is 0 Å².